The Morgan fingerprint density at radius 2 is 1.41 bits per heavy atom. The second-order valence-corrected chi connectivity index (χ2v) is 4.28. The van der Waals surface area contributed by atoms with Gasteiger partial charge in [0.05, 0.1) is 12.7 Å². The van der Waals surface area contributed by atoms with Gasteiger partial charge in [-0.3, -0.25) is 4.79 Å². The third-order valence-corrected chi connectivity index (χ3v) is 2.92. The van der Waals surface area contributed by atoms with E-state index in [9.17, 15) is 20.1 Å². The maximum absolute atomic E-state index is 11.9. The molecular formula is C12H12N4O6. The van der Waals surface area contributed by atoms with Crippen LogP contribution in [0.4, 0.5) is 0 Å². The molecule has 0 aliphatic rings. The highest BCUT2D eigenvalue weighted by atomic mass is 16.4. The van der Waals surface area contributed by atoms with Gasteiger partial charge in [-0.2, -0.15) is 21.0 Å². The lowest BCUT2D eigenvalue weighted by molar-refractivity contribution is -0.150. The molecule has 0 aliphatic heterocycles. The SMILES string of the molecule is N#CC(C(=O)[C@H](O)[C@@H](O)[C@H](O)[C@H](O)CO)C(C#N)(C#N)C#N. The lowest BCUT2D eigenvalue weighted by atomic mass is 9.75. The third-order valence-electron chi connectivity index (χ3n) is 2.92. The Balaban J connectivity index is 5.50. The number of aliphatic hydroxyl groups excluding tert-OH is 5. The predicted octanol–water partition coefficient (Wildman–Crippen LogP) is -3.31. The van der Waals surface area contributed by atoms with E-state index in [4.69, 9.17) is 31.3 Å². The Labute approximate surface area is 124 Å². The molecular weight excluding hydrogens is 296 g/mol. The highest BCUT2D eigenvalue weighted by molar-refractivity contribution is 5.90. The van der Waals surface area contributed by atoms with Crippen molar-refractivity contribution >= 4 is 5.78 Å². The number of Topliss-reactive ketones (excluding diaryl/α,β-unsaturated/α-hetero) is 1. The van der Waals surface area contributed by atoms with Gasteiger partial charge in [0, 0.05) is 0 Å². The number of rotatable bonds is 7. The molecule has 0 radical (unpaired) electrons. The fourth-order valence-electron chi connectivity index (χ4n) is 1.50. The molecule has 0 spiro atoms. The number of nitrogens with zero attached hydrogens (tertiary/aromatic N) is 4. The second kappa shape index (κ2) is 8.02. The maximum Gasteiger partial charge on any atom is 0.251 e. The van der Waals surface area contributed by atoms with Gasteiger partial charge in [0.1, 0.15) is 42.6 Å². The van der Waals surface area contributed by atoms with Crippen LogP contribution < -0.4 is 0 Å². The molecule has 0 fully saturated rings. The summed E-state index contributed by atoms with van der Waals surface area (Å²) >= 11 is 0. The van der Waals surface area contributed by atoms with Gasteiger partial charge in [-0.05, 0) is 0 Å². The number of aliphatic hydroxyl groups is 5. The summed E-state index contributed by atoms with van der Waals surface area (Å²) in [5.41, 5.74) is -2.70. The molecule has 0 bridgehead atoms. The first-order valence-electron chi connectivity index (χ1n) is 5.76. The van der Waals surface area contributed by atoms with Crippen LogP contribution in [-0.2, 0) is 4.79 Å². The van der Waals surface area contributed by atoms with Gasteiger partial charge in [-0.1, -0.05) is 0 Å². The minimum absolute atomic E-state index is 0.987. The standard InChI is InChI=1S/C12H12N4O6/c13-1-6(12(3-14,4-15)5-16)8(19)10(21)11(22)9(20)7(18)2-17/h6-7,9-11,17-18,20-22H,2H2/t6?,7-,9-,10+,11+/m1/s1. The summed E-state index contributed by atoms with van der Waals surface area (Å²) in [6.07, 6.45) is -8.79. The third kappa shape index (κ3) is 3.55. The van der Waals surface area contributed by atoms with Crippen LogP contribution in [0, 0.1) is 56.7 Å². The van der Waals surface area contributed by atoms with E-state index < -0.39 is 48.1 Å². The zero-order valence-electron chi connectivity index (χ0n) is 11.0. The average Bonchev–Trinajstić information content (AvgIpc) is 2.56. The van der Waals surface area contributed by atoms with Gasteiger partial charge >= 0.3 is 0 Å². The molecule has 5 N–H and O–H groups in total. The van der Waals surface area contributed by atoms with Crippen LogP contribution >= 0.6 is 0 Å². The minimum atomic E-state index is -2.70. The number of nitriles is 4. The Kier molecular flexibility index (Phi) is 7.08. The first-order chi connectivity index (χ1) is 10.3. The van der Waals surface area contributed by atoms with Crippen molar-refractivity contribution in [3.05, 3.63) is 0 Å². The highest BCUT2D eigenvalue weighted by Gasteiger charge is 2.49. The normalized spacial score (nSPS) is 17.5. The van der Waals surface area contributed by atoms with E-state index >= 15 is 0 Å². The average molecular weight is 308 g/mol. The summed E-state index contributed by atoms with van der Waals surface area (Å²) in [6, 6.07) is 4.81. The van der Waals surface area contributed by atoms with Crippen LogP contribution in [0.2, 0.25) is 0 Å². The van der Waals surface area contributed by atoms with E-state index in [2.05, 4.69) is 0 Å². The van der Waals surface area contributed by atoms with E-state index in [1.807, 2.05) is 0 Å². The van der Waals surface area contributed by atoms with Crippen molar-refractivity contribution in [3.8, 4) is 24.3 Å². The fourth-order valence-corrected chi connectivity index (χ4v) is 1.50. The molecule has 0 rings (SSSR count). The Morgan fingerprint density at radius 3 is 1.73 bits per heavy atom. The second-order valence-electron chi connectivity index (χ2n) is 4.28. The van der Waals surface area contributed by atoms with Crippen LogP contribution in [0.3, 0.4) is 0 Å². The highest BCUT2D eigenvalue weighted by Crippen LogP contribution is 2.28. The molecule has 5 atom stereocenters. The lowest BCUT2D eigenvalue weighted by Gasteiger charge is -2.26. The van der Waals surface area contributed by atoms with Gasteiger partial charge < -0.3 is 25.5 Å². The maximum atomic E-state index is 11.9. The van der Waals surface area contributed by atoms with Crippen LogP contribution in [0.15, 0.2) is 0 Å². The van der Waals surface area contributed by atoms with Gasteiger partial charge in [-0.15, -0.1) is 0 Å². The summed E-state index contributed by atoms with van der Waals surface area (Å²) in [7, 11) is 0. The first-order valence-corrected chi connectivity index (χ1v) is 5.76. The molecule has 0 saturated heterocycles. The monoisotopic (exact) mass is 308 g/mol. The fraction of sp³-hybridized carbons (Fsp3) is 0.583. The molecule has 116 valence electrons. The number of hydrogen-bond donors (Lipinski definition) is 5. The summed E-state index contributed by atoms with van der Waals surface area (Å²) in [5.74, 6) is -3.76. The number of carbonyl (C=O) groups is 1. The molecule has 0 aliphatic carbocycles. The zero-order valence-corrected chi connectivity index (χ0v) is 11.0. The predicted molar refractivity (Wildman–Crippen MR) is 64.5 cm³/mol. The number of hydrogen-bond acceptors (Lipinski definition) is 10. The van der Waals surface area contributed by atoms with Crippen molar-refractivity contribution < 1.29 is 30.3 Å². The molecule has 0 aromatic heterocycles. The summed E-state index contributed by atoms with van der Waals surface area (Å²) in [4.78, 5) is 11.9. The Hall–Kier alpha value is -2.57. The van der Waals surface area contributed by atoms with Crippen LogP contribution in [0.5, 0.6) is 0 Å². The van der Waals surface area contributed by atoms with Gasteiger partial charge in [-0.25, -0.2) is 0 Å². The van der Waals surface area contributed by atoms with Crippen molar-refractivity contribution in [1.29, 1.82) is 21.0 Å². The largest absolute Gasteiger partial charge is 0.394 e. The van der Waals surface area contributed by atoms with Crippen molar-refractivity contribution in [2.24, 2.45) is 11.3 Å². The van der Waals surface area contributed by atoms with Crippen molar-refractivity contribution in [3.63, 3.8) is 0 Å². The van der Waals surface area contributed by atoms with E-state index in [1.165, 1.54) is 24.3 Å². The smallest absolute Gasteiger partial charge is 0.251 e. The van der Waals surface area contributed by atoms with Crippen LogP contribution in [0.25, 0.3) is 0 Å². The zero-order chi connectivity index (χ0) is 17.5. The molecule has 0 saturated carbocycles. The summed E-state index contributed by atoms with van der Waals surface area (Å²) < 4.78 is 0. The van der Waals surface area contributed by atoms with E-state index in [1.54, 1.807) is 0 Å². The van der Waals surface area contributed by atoms with Gasteiger partial charge in [0.15, 0.2) is 11.7 Å². The van der Waals surface area contributed by atoms with Crippen LogP contribution in [-0.4, -0.2) is 62.3 Å². The molecule has 0 aromatic rings. The van der Waals surface area contributed by atoms with E-state index in [0.29, 0.717) is 0 Å². The molecule has 10 nitrogen and oxygen atoms in total. The van der Waals surface area contributed by atoms with Crippen molar-refractivity contribution in [2.45, 2.75) is 24.4 Å². The summed E-state index contributed by atoms with van der Waals surface area (Å²) in [6.45, 7) is -0.987. The van der Waals surface area contributed by atoms with E-state index in [-0.39, 0.29) is 0 Å². The minimum Gasteiger partial charge on any atom is -0.394 e. The quantitative estimate of drug-likeness (QED) is 0.315. The van der Waals surface area contributed by atoms with Crippen molar-refractivity contribution in [1.82, 2.24) is 0 Å². The molecule has 10 heteroatoms. The van der Waals surface area contributed by atoms with Crippen molar-refractivity contribution in [2.75, 3.05) is 6.61 Å². The number of carbonyl (C=O) groups excluding carboxylic acids is 1. The van der Waals surface area contributed by atoms with Crippen LogP contribution in [0.1, 0.15) is 0 Å². The Bertz CT molecular complexity index is 544. The molecule has 1 unspecified atom stereocenters. The molecule has 0 aromatic carbocycles. The van der Waals surface area contributed by atoms with Gasteiger partial charge in [0.25, 0.3) is 5.41 Å². The lowest BCUT2D eigenvalue weighted by Crippen LogP contribution is -2.51. The molecule has 22 heavy (non-hydrogen) atoms. The molecule has 0 heterocycles. The molecule has 0 amide bonds. The topological polar surface area (TPSA) is 213 Å². The van der Waals surface area contributed by atoms with Gasteiger partial charge in [0.2, 0.25) is 0 Å². The number of ketones is 1. The Morgan fingerprint density at radius 1 is 0.955 bits per heavy atom. The summed E-state index contributed by atoms with van der Waals surface area (Å²) in [5, 5.41) is 81.6. The first kappa shape index (κ1) is 19.4. The van der Waals surface area contributed by atoms with E-state index in [0.717, 1.165) is 0 Å².